The van der Waals surface area contributed by atoms with Crippen molar-refractivity contribution in [3.63, 3.8) is 0 Å². The Morgan fingerprint density at radius 2 is 1.62 bits per heavy atom. The smallest absolute Gasteiger partial charge is 0.138 e. The van der Waals surface area contributed by atoms with Crippen molar-refractivity contribution in [1.82, 2.24) is 0 Å². The van der Waals surface area contributed by atoms with Crippen molar-refractivity contribution in [2.24, 2.45) is 0 Å². The molecule has 0 aromatic rings. The summed E-state index contributed by atoms with van der Waals surface area (Å²) in [6.07, 6.45) is -1.35. The van der Waals surface area contributed by atoms with Crippen LogP contribution in [0.15, 0.2) is 0 Å². The minimum atomic E-state index is -0.803. The Morgan fingerprint density at radius 1 is 1.25 bits per heavy atom. The van der Waals surface area contributed by atoms with Crippen molar-refractivity contribution < 1.29 is 15.0 Å². The van der Waals surface area contributed by atoms with Gasteiger partial charge in [0, 0.05) is 12.8 Å². The molecule has 0 spiro atoms. The minimum Gasteiger partial charge on any atom is -0.390 e. The predicted octanol–water partition coefficient (Wildman–Crippen LogP) is -0.929. The molecule has 46 valence electrons. The van der Waals surface area contributed by atoms with Crippen LogP contribution in [0.5, 0.6) is 0 Å². The highest BCUT2D eigenvalue weighted by Gasteiger charge is 2.28. The SMILES string of the molecule is O=C1CC(O)C(O)C1. The molecule has 3 nitrogen and oxygen atoms in total. The van der Waals surface area contributed by atoms with Crippen molar-refractivity contribution in [2.45, 2.75) is 25.0 Å². The monoisotopic (exact) mass is 116 g/mol. The number of carbonyl (C=O) groups excluding carboxylic acids is 1. The normalized spacial score (nSPS) is 38.5. The van der Waals surface area contributed by atoms with Crippen LogP contribution in [0.2, 0.25) is 0 Å². The molecule has 0 amide bonds. The van der Waals surface area contributed by atoms with Crippen LogP contribution in [-0.4, -0.2) is 28.2 Å². The van der Waals surface area contributed by atoms with Gasteiger partial charge in [0.05, 0.1) is 12.2 Å². The number of ketones is 1. The second-order valence-electron chi connectivity index (χ2n) is 2.08. The third kappa shape index (κ3) is 0.877. The van der Waals surface area contributed by atoms with Gasteiger partial charge in [0.2, 0.25) is 0 Å². The Balaban J connectivity index is 2.51. The first-order valence-corrected chi connectivity index (χ1v) is 2.58. The topological polar surface area (TPSA) is 57.5 Å². The van der Waals surface area contributed by atoms with Crippen LogP contribution in [-0.2, 0) is 4.79 Å². The second kappa shape index (κ2) is 1.84. The van der Waals surface area contributed by atoms with Crippen molar-refractivity contribution in [2.75, 3.05) is 0 Å². The summed E-state index contributed by atoms with van der Waals surface area (Å²) in [5.74, 6) is -0.0509. The fraction of sp³-hybridized carbons (Fsp3) is 0.800. The molecule has 1 rings (SSSR count). The van der Waals surface area contributed by atoms with Gasteiger partial charge >= 0.3 is 0 Å². The molecule has 0 bridgehead atoms. The molecule has 0 aromatic heterocycles. The molecule has 3 heteroatoms. The minimum absolute atomic E-state index is 0.0509. The summed E-state index contributed by atoms with van der Waals surface area (Å²) in [7, 11) is 0. The average Bonchev–Trinajstić information content (AvgIpc) is 1.85. The molecule has 8 heavy (non-hydrogen) atoms. The van der Waals surface area contributed by atoms with Crippen molar-refractivity contribution in [3.8, 4) is 0 Å². The zero-order valence-electron chi connectivity index (χ0n) is 4.37. The molecule has 0 heterocycles. The molecular formula is C5H8O3. The first-order valence-electron chi connectivity index (χ1n) is 2.58. The summed E-state index contributed by atoms with van der Waals surface area (Å²) in [6.45, 7) is 0. The molecule has 1 aliphatic carbocycles. The summed E-state index contributed by atoms with van der Waals surface area (Å²) >= 11 is 0. The number of rotatable bonds is 0. The average molecular weight is 116 g/mol. The number of hydrogen-bond acceptors (Lipinski definition) is 3. The van der Waals surface area contributed by atoms with Crippen molar-refractivity contribution >= 4 is 5.78 Å². The quantitative estimate of drug-likeness (QED) is 0.430. The fourth-order valence-corrected chi connectivity index (χ4v) is 0.822. The van der Waals surface area contributed by atoms with Gasteiger partial charge in [-0.3, -0.25) is 4.79 Å². The van der Waals surface area contributed by atoms with Crippen LogP contribution < -0.4 is 0 Å². The second-order valence-corrected chi connectivity index (χ2v) is 2.08. The van der Waals surface area contributed by atoms with Crippen LogP contribution in [0.25, 0.3) is 0 Å². The molecule has 2 unspecified atom stereocenters. The zero-order chi connectivity index (χ0) is 6.15. The molecule has 1 saturated carbocycles. The van der Waals surface area contributed by atoms with Crippen LogP contribution in [0, 0.1) is 0 Å². The number of aliphatic hydroxyl groups excluding tert-OH is 2. The van der Waals surface area contributed by atoms with Crippen LogP contribution >= 0.6 is 0 Å². The van der Waals surface area contributed by atoms with E-state index >= 15 is 0 Å². The van der Waals surface area contributed by atoms with E-state index in [-0.39, 0.29) is 18.6 Å². The van der Waals surface area contributed by atoms with E-state index in [1.54, 1.807) is 0 Å². The van der Waals surface area contributed by atoms with Gasteiger partial charge in [-0.2, -0.15) is 0 Å². The van der Waals surface area contributed by atoms with Gasteiger partial charge in [0.25, 0.3) is 0 Å². The van der Waals surface area contributed by atoms with E-state index in [0.29, 0.717) is 0 Å². The summed E-state index contributed by atoms with van der Waals surface area (Å²) in [4.78, 5) is 10.3. The Hall–Kier alpha value is -0.410. The van der Waals surface area contributed by atoms with Gasteiger partial charge in [0.1, 0.15) is 5.78 Å². The molecule has 2 N–H and O–H groups in total. The van der Waals surface area contributed by atoms with Gasteiger partial charge in [-0.15, -0.1) is 0 Å². The highest BCUT2D eigenvalue weighted by atomic mass is 16.3. The van der Waals surface area contributed by atoms with Crippen LogP contribution in [0.4, 0.5) is 0 Å². The molecule has 2 atom stereocenters. The summed E-state index contributed by atoms with van der Waals surface area (Å²) in [5.41, 5.74) is 0. The molecule has 1 aliphatic rings. The predicted molar refractivity (Wildman–Crippen MR) is 26.3 cm³/mol. The van der Waals surface area contributed by atoms with E-state index in [2.05, 4.69) is 0 Å². The van der Waals surface area contributed by atoms with Crippen LogP contribution in [0.3, 0.4) is 0 Å². The van der Waals surface area contributed by atoms with E-state index in [4.69, 9.17) is 10.2 Å². The Kier molecular flexibility index (Phi) is 1.31. The van der Waals surface area contributed by atoms with Gasteiger partial charge in [0.15, 0.2) is 0 Å². The Bertz CT molecular complexity index is 98.2. The molecule has 0 aliphatic heterocycles. The number of carbonyl (C=O) groups is 1. The fourth-order valence-electron chi connectivity index (χ4n) is 0.822. The largest absolute Gasteiger partial charge is 0.390 e. The maximum atomic E-state index is 10.3. The van der Waals surface area contributed by atoms with Gasteiger partial charge in [-0.05, 0) is 0 Å². The van der Waals surface area contributed by atoms with Crippen molar-refractivity contribution in [3.05, 3.63) is 0 Å². The third-order valence-electron chi connectivity index (χ3n) is 1.32. The number of Topliss-reactive ketones (excluding diaryl/α,β-unsaturated/α-hetero) is 1. The Morgan fingerprint density at radius 3 is 1.75 bits per heavy atom. The number of hydrogen-bond donors (Lipinski definition) is 2. The summed E-state index contributed by atoms with van der Waals surface area (Å²) in [5, 5.41) is 17.4. The first-order chi connectivity index (χ1) is 3.70. The molecule has 0 aromatic carbocycles. The molecule has 0 saturated heterocycles. The molecule has 0 radical (unpaired) electrons. The first kappa shape index (κ1) is 5.72. The van der Waals surface area contributed by atoms with Gasteiger partial charge < -0.3 is 10.2 Å². The lowest BCUT2D eigenvalue weighted by molar-refractivity contribution is -0.118. The molecular weight excluding hydrogens is 108 g/mol. The van der Waals surface area contributed by atoms with E-state index < -0.39 is 12.2 Å². The van der Waals surface area contributed by atoms with Crippen LogP contribution in [0.1, 0.15) is 12.8 Å². The van der Waals surface area contributed by atoms with Crippen molar-refractivity contribution in [1.29, 1.82) is 0 Å². The maximum Gasteiger partial charge on any atom is 0.138 e. The highest BCUT2D eigenvalue weighted by Crippen LogP contribution is 2.14. The third-order valence-corrected chi connectivity index (χ3v) is 1.32. The maximum absolute atomic E-state index is 10.3. The lowest BCUT2D eigenvalue weighted by Crippen LogP contribution is -2.17. The van der Waals surface area contributed by atoms with E-state index in [1.807, 2.05) is 0 Å². The van der Waals surface area contributed by atoms with Gasteiger partial charge in [-0.1, -0.05) is 0 Å². The zero-order valence-corrected chi connectivity index (χ0v) is 4.37. The standard InChI is InChI=1S/C5H8O3/c6-3-1-4(7)5(8)2-3/h4-5,7-8H,1-2H2. The van der Waals surface area contributed by atoms with Gasteiger partial charge in [-0.25, -0.2) is 0 Å². The van der Waals surface area contributed by atoms with E-state index in [9.17, 15) is 4.79 Å². The highest BCUT2D eigenvalue weighted by molar-refractivity contribution is 5.81. The number of aliphatic hydroxyl groups is 2. The molecule has 1 fully saturated rings. The summed E-state index contributed by atoms with van der Waals surface area (Å²) in [6, 6.07) is 0. The van der Waals surface area contributed by atoms with E-state index in [0.717, 1.165) is 0 Å². The Labute approximate surface area is 46.9 Å². The lowest BCUT2D eigenvalue weighted by atomic mass is 10.3. The van der Waals surface area contributed by atoms with E-state index in [1.165, 1.54) is 0 Å². The summed E-state index contributed by atoms with van der Waals surface area (Å²) < 4.78 is 0. The lowest BCUT2D eigenvalue weighted by Gasteiger charge is -2.01.